The zero-order valence-corrected chi connectivity index (χ0v) is 31.7. The molecule has 11 atom stereocenters. The quantitative estimate of drug-likeness (QED) is 0.126. The number of carbonyl (C=O) groups excluding carboxylic acids is 2. The maximum Gasteiger partial charge on any atom is 1.00 e. The number of aliphatic hydroxyl groups excluding tert-OH is 1. The molecule has 0 spiro atoms. The van der Waals surface area contributed by atoms with Crippen LogP contribution in [0.3, 0.4) is 0 Å². The smallest absolute Gasteiger partial charge is 0.545 e. The van der Waals surface area contributed by atoms with Gasteiger partial charge in [0, 0.05) is 39.6 Å². The van der Waals surface area contributed by atoms with Crippen molar-refractivity contribution < 1.29 is 104 Å². The molecule has 0 aromatic carbocycles. The van der Waals surface area contributed by atoms with Crippen LogP contribution in [-0.2, 0) is 42.7 Å². The van der Waals surface area contributed by atoms with E-state index in [1.54, 1.807) is 20.3 Å². The van der Waals surface area contributed by atoms with Gasteiger partial charge in [-0.3, -0.25) is 4.79 Å². The number of carbonyl (C=O) groups is 2. The number of aliphatic carboxylic acids is 1. The van der Waals surface area contributed by atoms with Crippen LogP contribution in [0.2, 0.25) is 0 Å². The number of carboxylic acids is 1. The number of hydrogen-bond acceptors (Lipinski definition) is 11. The molecule has 45 heavy (non-hydrogen) atoms. The van der Waals surface area contributed by atoms with Crippen molar-refractivity contribution in [1.29, 1.82) is 0 Å². The van der Waals surface area contributed by atoms with Crippen LogP contribution in [0.15, 0.2) is 12.2 Å². The second kappa shape index (κ2) is 18.7. The van der Waals surface area contributed by atoms with Crippen molar-refractivity contribution in [2.75, 3.05) is 28.1 Å². The van der Waals surface area contributed by atoms with Crippen LogP contribution in [0.25, 0.3) is 0 Å². The summed E-state index contributed by atoms with van der Waals surface area (Å²) in [6.07, 6.45) is 3.06. The third-order valence-corrected chi connectivity index (χ3v) is 9.95. The number of aliphatic hydroxyl groups is 1. The first-order valence-corrected chi connectivity index (χ1v) is 15.8. The van der Waals surface area contributed by atoms with Gasteiger partial charge in [-0.2, -0.15) is 0 Å². The average molecular weight is 668 g/mol. The first kappa shape index (κ1) is 41.2. The molecule has 0 radical (unpaired) electrons. The van der Waals surface area contributed by atoms with Gasteiger partial charge in [0.15, 0.2) is 12.3 Å². The summed E-state index contributed by atoms with van der Waals surface area (Å²) in [4.78, 5) is 24.0. The van der Waals surface area contributed by atoms with Crippen molar-refractivity contribution in [2.24, 2.45) is 17.3 Å². The molecular formula is C32H54KNO11. The average Bonchev–Trinajstić information content (AvgIpc) is 2.98. The van der Waals surface area contributed by atoms with Gasteiger partial charge in [-0.1, -0.05) is 46.6 Å². The Morgan fingerprint density at radius 3 is 2.40 bits per heavy atom. The van der Waals surface area contributed by atoms with Crippen LogP contribution in [0.4, 0.5) is 0 Å². The van der Waals surface area contributed by atoms with Crippen molar-refractivity contribution in [1.82, 2.24) is 5.32 Å². The molecule has 0 aromatic rings. The number of rotatable bonds is 15. The van der Waals surface area contributed by atoms with Crippen LogP contribution in [-0.4, -0.2) is 99.8 Å². The van der Waals surface area contributed by atoms with E-state index in [1.807, 2.05) is 6.92 Å². The van der Waals surface area contributed by atoms with Gasteiger partial charge in [0.1, 0.15) is 19.0 Å². The monoisotopic (exact) mass is 667 g/mol. The largest absolute Gasteiger partial charge is 1.00 e. The van der Waals surface area contributed by atoms with Gasteiger partial charge in [-0.15, -0.1) is 0 Å². The Morgan fingerprint density at radius 2 is 1.80 bits per heavy atom. The third-order valence-electron chi connectivity index (χ3n) is 9.95. The molecule has 0 aliphatic carbocycles. The molecule has 0 aromatic heterocycles. The number of fused-ring (bicyclic) bond motifs is 1. The summed E-state index contributed by atoms with van der Waals surface area (Å²) in [7, 11) is 4.75. The number of nitrogens with one attached hydrogen (secondary N) is 1. The fourth-order valence-corrected chi connectivity index (χ4v) is 6.82. The zero-order valence-electron chi connectivity index (χ0n) is 28.6. The number of carboxylic acid groups (broad SMARTS) is 1. The van der Waals surface area contributed by atoms with Crippen molar-refractivity contribution in [2.45, 2.75) is 134 Å². The molecule has 3 aliphatic rings. The number of allylic oxidation sites excluding steroid dienone is 1. The van der Waals surface area contributed by atoms with E-state index in [9.17, 15) is 19.8 Å². The van der Waals surface area contributed by atoms with E-state index in [1.165, 1.54) is 7.11 Å². The molecule has 1 unspecified atom stereocenters. The summed E-state index contributed by atoms with van der Waals surface area (Å²) >= 11 is 0. The van der Waals surface area contributed by atoms with Gasteiger partial charge in [0.25, 0.3) is 5.91 Å². The summed E-state index contributed by atoms with van der Waals surface area (Å²) in [5, 5.41) is 24.6. The number of hydrogen-bond donors (Lipinski definition) is 2. The molecule has 0 bridgehead atoms. The normalized spacial score (nSPS) is 36.0. The predicted octanol–water partition coefficient (Wildman–Crippen LogP) is -0.939. The minimum Gasteiger partial charge on any atom is -0.545 e. The van der Waals surface area contributed by atoms with Crippen LogP contribution < -0.4 is 61.8 Å². The Kier molecular flexibility index (Phi) is 17.1. The van der Waals surface area contributed by atoms with Crippen molar-refractivity contribution in [3.8, 4) is 0 Å². The minimum absolute atomic E-state index is 0. The predicted molar refractivity (Wildman–Crippen MR) is 158 cm³/mol. The molecule has 3 aliphatic heterocycles. The maximum absolute atomic E-state index is 13.5. The van der Waals surface area contributed by atoms with Gasteiger partial charge < -0.3 is 53.5 Å². The van der Waals surface area contributed by atoms with Crippen molar-refractivity contribution >= 4 is 11.9 Å². The van der Waals surface area contributed by atoms with E-state index in [4.69, 9.17) is 33.2 Å². The SMILES string of the molecule is CO[C@H](CCCCC/C=C/C(=O)[O-])C[C@H]1O[C@H]2[C@H](OCO[C@H]2NC(=O)[C@@H](O)[C@@]2(OC)CC(C)[C@@H](C)[C@@H](C)O2)[C@@H](OC)C1(C)C.[K+]. The number of amides is 1. The molecule has 13 heteroatoms. The Labute approximate surface area is 311 Å². The van der Waals surface area contributed by atoms with E-state index in [0.717, 1.165) is 31.8 Å². The van der Waals surface area contributed by atoms with Crippen molar-refractivity contribution in [3.63, 3.8) is 0 Å². The fraction of sp³-hybridized carbons (Fsp3) is 0.875. The summed E-state index contributed by atoms with van der Waals surface area (Å²) in [5.74, 6) is -2.95. The first-order chi connectivity index (χ1) is 20.8. The maximum atomic E-state index is 13.5. The van der Waals surface area contributed by atoms with E-state index < -0.39 is 47.6 Å². The Balaban J connectivity index is 0.00000705. The molecule has 2 N–H and O–H groups in total. The Morgan fingerprint density at radius 1 is 1.09 bits per heavy atom. The van der Waals surface area contributed by atoms with Crippen LogP contribution >= 0.6 is 0 Å². The van der Waals surface area contributed by atoms with Crippen molar-refractivity contribution in [3.05, 3.63) is 12.2 Å². The molecule has 3 saturated heterocycles. The Bertz CT molecular complexity index is 953. The van der Waals surface area contributed by atoms with Crippen LogP contribution in [0.1, 0.15) is 79.6 Å². The van der Waals surface area contributed by atoms with Gasteiger partial charge in [0.2, 0.25) is 5.79 Å². The number of methoxy groups -OCH3 is 3. The second-order valence-corrected chi connectivity index (χ2v) is 13.1. The fourth-order valence-electron chi connectivity index (χ4n) is 6.82. The van der Waals surface area contributed by atoms with Gasteiger partial charge in [0.05, 0.1) is 30.4 Å². The summed E-state index contributed by atoms with van der Waals surface area (Å²) in [5.41, 5.74) is -0.465. The molecule has 0 saturated carbocycles. The third kappa shape index (κ3) is 10.3. The van der Waals surface area contributed by atoms with Gasteiger partial charge >= 0.3 is 51.4 Å². The van der Waals surface area contributed by atoms with E-state index in [0.29, 0.717) is 19.3 Å². The van der Waals surface area contributed by atoms with Crippen LogP contribution in [0, 0.1) is 17.3 Å². The molecule has 12 nitrogen and oxygen atoms in total. The minimum atomic E-state index is -1.60. The molecular weight excluding hydrogens is 613 g/mol. The molecule has 3 fully saturated rings. The zero-order chi connectivity index (χ0) is 32.7. The molecule has 3 rings (SSSR count). The summed E-state index contributed by atoms with van der Waals surface area (Å²) < 4.78 is 42.0. The van der Waals surface area contributed by atoms with E-state index in [-0.39, 0.29) is 94.4 Å². The van der Waals surface area contributed by atoms with E-state index in [2.05, 4.69) is 33.0 Å². The molecule has 3 heterocycles. The molecule has 254 valence electrons. The molecule has 1 amide bonds. The van der Waals surface area contributed by atoms with Gasteiger partial charge in [-0.05, 0) is 44.1 Å². The van der Waals surface area contributed by atoms with Crippen LogP contribution in [0.5, 0.6) is 0 Å². The summed E-state index contributed by atoms with van der Waals surface area (Å²) in [6, 6.07) is 0. The first-order valence-electron chi connectivity index (χ1n) is 15.8. The number of unbranched alkanes of at least 4 members (excludes halogenated alkanes) is 3. The van der Waals surface area contributed by atoms with Gasteiger partial charge in [-0.25, -0.2) is 0 Å². The standard InChI is InChI=1S/C32H55NO11.K/c1-19-17-32(40-8,44-21(3)20(19)2)27(36)29(37)33-30-26-25(41-18-42-30)28(39-7)31(4,5)23(43-26)16-22(38-6)14-12-10-9-11-13-15-24(34)35;/h13,15,19-23,25-28,30,36H,9-12,14,16-18H2,1-8H3,(H,33,37)(H,34,35);/q;+1/p-1/b15-13+;/t19?,20-,21-,22-,23-,25+,26+,27-,28-,30-,32-;/m1./s1. The second-order valence-electron chi connectivity index (χ2n) is 13.1. The topological polar surface area (TPSA) is 154 Å². The van der Waals surface area contributed by atoms with E-state index >= 15 is 0 Å². The number of ether oxygens (including phenoxy) is 7. The summed E-state index contributed by atoms with van der Waals surface area (Å²) in [6.45, 7) is 10.1. The Hall–Kier alpha value is -0.00364.